The quantitative estimate of drug-likeness (QED) is 0.244. The lowest BCUT2D eigenvalue weighted by atomic mass is 10.1. The summed E-state index contributed by atoms with van der Waals surface area (Å²) in [5, 5.41) is 9.42. The van der Waals surface area contributed by atoms with Gasteiger partial charge in [-0.1, -0.05) is 54.1 Å². The molecular weight excluding hydrogens is 476 g/mol. The molecule has 0 spiro atoms. The minimum absolute atomic E-state index is 0.378. The van der Waals surface area contributed by atoms with Crippen LogP contribution in [0, 0.1) is 0 Å². The number of urea groups is 1. The molecular formula is C27H23ClN6O2. The van der Waals surface area contributed by atoms with Crippen LogP contribution in [-0.2, 0) is 6.54 Å². The molecule has 8 nitrogen and oxygen atoms in total. The van der Waals surface area contributed by atoms with E-state index in [-0.39, 0.29) is 6.03 Å². The predicted molar refractivity (Wildman–Crippen MR) is 143 cm³/mol. The van der Waals surface area contributed by atoms with Gasteiger partial charge < -0.3 is 25.1 Å². The Labute approximate surface area is 212 Å². The number of hydrogen-bond donors (Lipinski definition) is 3. The van der Waals surface area contributed by atoms with E-state index in [2.05, 4.69) is 20.9 Å². The maximum Gasteiger partial charge on any atom is 0.323 e. The van der Waals surface area contributed by atoms with Gasteiger partial charge in [0.05, 0.1) is 23.5 Å². The summed E-state index contributed by atoms with van der Waals surface area (Å²) in [7, 11) is 1.66. The summed E-state index contributed by atoms with van der Waals surface area (Å²) in [4.78, 5) is 21.6. The highest BCUT2D eigenvalue weighted by Gasteiger charge is 2.11. The van der Waals surface area contributed by atoms with E-state index < -0.39 is 0 Å². The van der Waals surface area contributed by atoms with Crippen molar-refractivity contribution in [3.05, 3.63) is 102 Å². The molecule has 0 aliphatic rings. The molecule has 0 atom stereocenters. The van der Waals surface area contributed by atoms with E-state index in [4.69, 9.17) is 21.3 Å². The van der Waals surface area contributed by atoms with Crippen molar-refractivity contribution in [3.63, 3.8) is 0 Å². The highest BCUT2D eigenvalue weighted by atomic mass is 35.5. The maximum atomic E-state index is 12.4. The van der Waals surface area contributed by atoms with Crippen LogP contribution in [0.25, 0.3) is 16.9 Å². The van der Waals surface area contributed by atoms with Gasteiger partial charge in [0.1, 0.15) is 5.75 Å². The Hall–Kier alpha value is -4.56. The summed E-state index contributed by atoms with van der Waals surface area (Å²) < 4.78 is 7.38. The number of aromatic nitrogens is 3. The molecule has 0 bridgehead atoms. The number of anilines is 3. The molecule has 0 aliphatic carbocycles. The largest absolute Gasteiger partial charge is 0.496 e. The molecule has 2 heterocycles. The van der Waals surface area contributed by atoms with Gasteiger partial charge in [0.25, 0.3) is 0 Å². The van der Waals surface area contributed by atoms with Crippen molar-refractivity contribution in [1.82, 2.24) is 14.4 Å². The minimum atomic E-state index is -0.378. The molecule has 0 radical (unpaired) electrons. The zero-order valence-electron chi connectivity index (χ0n) is 19.4. The fourth-order valence-electron chi connectivity index (χ4n) is 3.79. The topological polar surface area (TPSA) is 92.6 Å². The van der Waals surface area contributed by atoms with Crippen LogP contribution in [0.2, 0.25) is 5.02 Å². The van der Waals surface area contributed by atoms with Crippen LogP contribution < -0.4 is 20.7 Å². The molecule has 0 saturated heterocycles. The second kappa shape index (κ2) is 10.4. The third-order valence-electron chi connectivity index (χ3n) is 5.57. The van der Waals surface area contributed by atoms with Crippen LogP contribution in [0.4, 0.5) is 22.0 Å². The molecule has 3 N–H and O–H groups in total. The van der Waals surface area contributed by atoms with Gasteiger partial charge in [0, 0.05) is 41.9 Å². The lowest BCUT2D eigenvalue weighted by Gasteiger charge is -2.12. The molecule has 0 fully saturated rings. The zero-order valence-corrected chi connectivity index (χ0v) is 20.2. The molecule has 0 unspecified atom stereocenters. The molecule has 0 aliphatic heterocycles. The third kappa shape index (κ3) is 5.08. The Balaban J connectivity index is 1.33. The lowest BCUT2D eigenvalue weighted by Crippen LogP contribution is -2.19. The van der Waals surface area contributed by atoms with Crippen LogP contribution in [0.1, 0.15) is 5.56 Å². The van der Waals surface area contributed by atoms with Crippen LogP contribution in [0.15, 0.2) is 91.4 Å². The second-order valence-corrected chi connectivity index (χ2v) is 8.34. The molecule has 2 amide bonds. The normalized spacial score (nSPS) is 10.7. The Kier molecular flexibility index (Phi) is 6.68. The highest BCUT2D eigenvalue weighted by Crippen LogP contribution is 2.26. The van der Waals surface area contributed by atoms with E-state index >= 15 is 0 Å². The number of carbonyl (C=O) groups excluding carboxylic acids is 1. The molecule has 9 heteroatoms. The van der Waals surface area contributed by atoms with Crippen molar-refractivity contribution in [2.75, 3.05) is 23.1 Å². The number of imidazole rings is 1. The van der Waals surface area contributed by atoms with Crippen molar-refractivity contribution in [1.29, 1.82) is 0 Å². The van der Waals surface area contributed by atoms with E-state index in [1.54, 1.807) is 37.6 Å². The van der Waals surface area contributed by atoms with Gasteiger partial charge in [-0.3, -0.25) is 0 Å². The number of rotatable bonds is 7. The number of hydrogen-bond acceptors (Lipinski definition) is 5. The average molecular weight is 499 g/mol. The number of methoxy groups -OCH3 is 1. The summed E-state index contributed by atoms with van der Waals surface area (Å²) in [6, 6.07) is 22.0. The smallest absolute Gasteiger partial charge is 0.323 e. The van der Waals surface area contributed by atoms with Crippen molar-refractivity contribution in [2.45, 2.75) is 6.54 Å². The van der Waals surface area contributed by atoms with Gasteiger partial charge in [-0.05, 0) is 30.3 Å². The fraction of sp³-hybridized carbons (Fsp3) is 0.0741. The van der Waals surface area contributed by atoms with Gasteiger partial charge in [-0.15, -0.1) is 0 Å². The van der Waals surface area contributed by atoms with Gasteiger partial charge in [0.15, 0.2) is 11.5 Å². The number of carbonyl (C=O) groups is 1. The van der Waals surface area contributed by atoms with E-state index in [9.17, 15) is 4.79 Å². The van der Waals surface area contributed by atoms with Crippen molar-refractivity contribution < 1.29 is 9.53 Å². The first-order valence-corrected chi connectivity index (χ1v) is 11.6. The van der Waals surface area contributed by atoms with Crippen LogP contribution in [0.5, 0.6) is 5.75 Å². The Bertz CT molecular complexity index is 1520. The Morgan fingerprint density at radius 1 is 1.00 bits per heavy atom. The summed E-state index contributed by atoms with van der Waals surface area (Å²) in [6.07, 6.45) is 5.53. The zero-order chi connectivity index (χ0) is 24.9. The predicted octanol–water partition coefficient (Wildman–Crippen LogP) is 6.31. The number of halogens is 1. The molecule has 180 valence electrons. The van der Waals surface area contributed by atoms with Gasteiger partial charge in [-0.25, -0.2) is 14.8 Å². The minimum Gasteiger partial charge on any atom is -0.496 e. The first kappa shape index (κ1) is 23.2. The molecule has 3 aromatic carbocycles. The maximum absolute atomic E-state index is 12.4. The first-order chi connectivity index (χ1) is 17.6. The summed E-state index contributed by atoms with van der Waals surface area (Å²) in [6.45, 7) is 0.534. The third-order valence-corrected chi connectivity index (χ3v) is 5.90. The number of para-hydroxylation sites is 2. The summed E-state index contributed by atoms with van der Waals surface area (Å²) in [5.41, 5.74) is 4.57. The number of amides is 2. The SMILES string of the molecule is COc1ccccc1CNc1nc(-c2ccc(NC(=O)Nc3ccccc3Cl)cc2)cn2ccnc12. The van der Waals surface area contributed by atoms with Crippen molar-refractivity contribution >= 4 is 40.5 Å². The average Bonchev–Trinajstić information content (AvgIpc) is 3.38. The Morgan fingerprint density at radius 2 is 1.78 bits per heavy atom. The summed E-state index contributed by atoms with van der Waals surface area (Å²) >= 11 is 6.11. The lowest BCUT2D eigenvalue weighted by molar-refractivity contribution is 0.262. The standard InChI is InChI=1S/C27H23ClN6O2/c1-36-24-9-5-2-6-19(24)16-30-25-26-29-14-15-34(26)17-23(32-25)18-10-12-20(13-11-18)31-27(35)33-22-8-4-3-7-21(22)28/h2-15,17H,16H2,1H3,(H,30,32)(H2,31,33,35). The Morgan fingerprint density at radius 3 is 2.58 bits per heavy atom. The molecule has 0 saturated carbocycles. The second-order valence-electron chi connectivity index (χ2n) is 7.93. The highest BCUT2D eigenvalue weighted by molar-refractivity contribution is 6.33. The van der Waals surface area contributed by atoms with Crippen LogP contribution >= 0.6 is 11.6 Å². The first-order valence-electron chi connectivity index (χ1n) is 11.2. The van der Waals surface area contributed by atoms with Crippen molar-refractivity contribution in [3.8, 4) is 17.0 Å². The molecule has 2 aromatic heterocycles. The van der Waals surface area contributed by atoms with E-state index in [1.165, 1.54) is 0 Å². The number of ether oxygens (including phenoxy) is 1. The number of benzene rings is 3. The molecule has 5 aromatic rings. The van der Waals surface area contributed by atoms with Crippen LogP contribution in [-0.4, -0.2) is 27.5 Å². The summed E-state index contributed by atoms with van der Waals surface area (Å²) in [5.74, 6) is 1.46. The molecule has 5 rings (SSSR count). The molecule has 36 heavy (non-hydrogen) atoms. The number of fused-ring (bicyclic) bond motifs is 1. The number of nitrogens with zero attached hydrogens (tertiary/aromatic N) is 3. The van der Waals surface area contributed by atoms with Crippen LogP contribution in [0.3, 0.4) is 0 Å². The van der Waals surface area contributed by atoms with Gasteiger partial charge in [-0.2, -0.15) is 0 Å². The van der Waals surface area contributed by atoms with Crippen molar-refractivity contribution in [2.24, 2.45) is 0 Å². The van der Waals surface area contributed by atoms with Gasteiger partial charge in [0.2, 0.25) is 0 Å². The van der Waals surface area contributed by atoms with E-state index in [0.717, 1.165) is 28.2 Å². The fourth-order valence-corrected chi connectivity index (χ4v) is 3.97. The van der Waals surface area contributed by atoms with E-state index in [0.29, 0.717) is 28.8 Å². The van der Waals surface area contributed by atoms with E-state index in [1.807, 2.05) is 65.3 Å². The van der Waals surface area contributed by atoms with Gasteiger partial charge >= 0.3 is 6.03 Å². The monoisotopic (exact) mass is 498 g/mol. The number of nitrogens with one attached hydrogen (secondary N) is 3.